The Labute approximate surface area is 177 Å². The van der Waals surface area contributed by atoms with Crippen molar-refractivity contribution in [3.63, 3.8) is 0 Å². The van der Waals surface area contributed by atoms with E-state index in [-0.39, 0.29) is 23.9 Å². The molecule has 0 N–H and O–H groups in total. The average molecular weight is 437 g/mol. The van der Waals surface area contributed by atoms with Crippen LogP contribution < -0.4 is 4.74 Å². The third kappa shape index (κ3) is 4.91. The van der Waals surface area contributed by atoms with Crippen molar-refractivity contribution in [2.24, 2.45) is 0 Å². The summed E-state index contributed by atoms with van der Waals surface area (Å²) in [6, 6.07) is 12.0. The van der Waals surface area contributed by atoms with Gasteiger partial charge in [0.25, 0.3) is 5.91 Å². The first-order valence-corrected chi connectivity index (χ1v) is 11.3. The summed E-state index contributed by atoms with van der Waals surface area (Å²) in [7, 11) is -3.55. The molecule has 156 valence electrons. The Bertz CT molecular complexity index is 984. The summed E-state index contributed by atoms with van der Waals surface area (Å²) in [4.78, 5) is 14.6. The van der Waals surface area contributed by atoms with E-state index in [1.807, 2.05) is 13.8 Å². The average Bonchev–Trinajstić information content (AvgIpc) is 2.70. The second kappa shape index (κ2) is 8.73. The number of sulfonamides is 1. The molecule has 1 heterocycles. The van der Waals surface area contributed by atoms with Gasteiger partial charge in [-0.3, -0.25) is 4.79 Å². The van der Waals surface area contributed by atoms with E-state index in [0.29, 0.717) is 23.9 Å². The van der Waals surface area contributed by atoms with Crippen molar-refractivity contribution < 1.29 is 17.9 Å². The molecule has 1 saturated heterocycles. The summed E-state index contributed by atoms with van der Waals surface area (Å²) in [6.45, 7) is 6.66. The topological polar surface area (TPSA) is 66.9 Å². The zero-order chi connectivity index (χ0) is 21.2. The molecule has 0 aliphatic carbocycles. The predicted octanol–water partition coefficient (Wildman–Crippen LogP) is 3.26. The van der Waals surface area contributed by atoms with Gasteiger partial charge in [0.05, 0.1) is 4.90 Å². The van der Waals surface area contributed by atoms with Crippen molar-refractivity contribution in [1.29, 1.82) is 0 Å². The van der Waals surface area contributed by atoms with Crippen LogP contribution >= 0.6 is 11.6 Å². The molecular weight excluding hydrogens is 412 g/mol. The summed E-state index contributed by atoms with van der Waals surface area (Å²) in [5.74, 6) is 0.415. The lowest BCUT2D eigenvalue weighted by atomic mass is 10.2. The summed E-state index contributed by atoms with van der Waals surface area (Å²) < 4.78 is 32.8. The van der Waals surface area contributed by atoms with E-state index in [2.05, 4.69) is 0 Å². The van der Waals surface area contributed by atoms with Crippen LogP contribution in [0.15, 0.2) is 47.4 Å². The molecule has 1 atom stereocenters. The summed E-state index contributed by atoms with van der Waals surface area (Å²) >= 11 is 6.02. The Kier molecular flexibility index (Phi) is 6.51. The fraction of sp³-hybridized carbons (Fsp3) is 0.381. The largest absolute Gasteiger partial charge is 0.481 e. The molecule has 0 saturated carbocycles. The van der Waals surface area contributed by atoms with Gasteiger partial charge in [-0.1, -0.05) is 29.3 Å². The van der Waals surface area contributed by atoms with Gasteiger partial charge in [0.2, 0.25) is 10.0 Å². The van der Waals surface area contributed by atoms with Crippen LogP contribution in [0.5, 0.6) is 5.75 Å². The Balaban J connectivity index is 1.60. The second-order valence-corrected chi connectivity index (χ2v) is 9.56. The number of piperazine rings is 1. The van der Waals surface area contributed by atoms with Crippen LogP contribution in [0.25, 0.3) is 0 Å². The van der Waals surface area contributed by atoms with Crippen LogP contribution in [-0.4, -0.2) is 55.8 Å². The van der Waals surface area contributed by atoms with E-state index in [0.717, 1.165) is 11.1 Å². The molecule has 2 aromatic rings. The van der Waals surface area contributed by atoms with Gasteiger partial charge in [-0.25, -0.2) is 8.42 Å². The number of nitrogens with zero attached hydrogens (tertiary/aromatic N) is 2. The monoisotopic (exact) mass is 436 g/mol. The highest BCUT2D eigenvalue weighted by Crippen LogP contribution is 2.23. The fourth-order valence-corrected chi connectivity index (χ4v) is 4.75. The highest BCUT2D eigenvalue weighted by molar-refractivity contribution is 7.89. The van der Waals surface area contributed by atoms with Crippen molar-refractivity contribution >= 4 is 27.5 Å². The lowest BCUT2D eigenvalue weighted by molar-refractivity contribution is -0.139. The van der Waals surface area contributed by atoms with E-state index in [9.17, 15) is 13.2 Å². The van der Waals surface area contributed by atoms with E-state index in [1.165, 1.54) is 4.31 Å². The van der Waals surface area contributed by atoms with Gasteiger partial charge in [-0.15, -0.1) is 0 Å². The minimum Gasteiger partial charge on any atom is -0.481 e. The van der Waals surface area contributed by atoms with Gasteiger partial charge in [0.1, 0.15) is 5.75 Å². The first-order valence-electron chi connectivity index (χ1n) is 9.47. The summed E-state index contributed by atoms with van der Waals surface area (Å²) in [6.07, 6.45) is -0.671. The maximum atomic E-state index is 12.8. The van der Waals surface area contributed by atoms with Crippen LogP contribution in [0, 0.1) is 13.8 Å². The summed E-state index contributed by atoms with van der Waals surface area (Å²) in [5, 5.41) is 0.641. The highest BCUT2D eigenvalue weighted by atomic mass is 35.5. The minimum atomic E-state index is -3.55. The van der Waals surface area contributed by atoms with Gasteiger partial charge in [0.15, 0.2) is 6.10 Å². The maximum Gasteiger partial charge on any atom is 0.263 e. The van der Waals surface area contributed by atoms with Crippen LogP contribution in [0.3, 0.4) is 0 Å². The smallest absolute Gasteiger partial charge is 0.263 e. The molecule has 1 aliphatic heterocycles. The normalized spacial score (nSPS) is 16.5. The molecule has 0 bridgehead atoms. The molecule has 1 aliphatic rings. The SMILES string of the molecule is Cc1ccc(S(=O)(=O)N2CCN(C(=O)[C@@H](C)Oc3ccc(Cl)c(C)c3)CC2)cc1. The molecule has 29 heavy (non-hydrogen) atoms. The van der Waals surface area contributed by atoms with Crippen molar-refractivity contribution in [2.75, 3.05) is 26.2 Å². The molecular formula is C21H25ClN2O4S. The number of halogens is 1. The van der Waals surface area contributed by atoms with Crippen LogP contribution in [0.4, 0.5) is 0 Å². The van der Waals surface area contributed by atoms with Gasteiger partial charge >= 0.3 is 0 Å². The molecule has 6 nitrogen and oxygen atoms in total. The number of aryl methyl sites for hydroxylation is 2. The molecule has 2 aromatic carbocycles. The molecule has 0 radical (unpaired) electrons. The Morgan fingerprint density at radius 2 is 1.66 bits per heavy atom. The molecule has 1 amide bonds. The maximum absolute atomic E-state index is 12.8. The second-order valence-electron chi connectivity index (χ2n) is 7.21. The lowest BCUT2D eigenvalue weighted by Gasteiger charge is -2.35. The Morgan fingerprint density at radius 3 is 2.24 bits per heavy atom. The van der Waals surface area contributed by atoms with E-state index >= 15 is 0 Å². The van der Waals surface area contributed by atoms with E-state index in [4.69, 9.17) is 16.3 Å². The first-order chi connectivity index (χ1) is 13.7. The number of carbonyl (C=O) groups is 1. The number of hydrogen-bond acceptors (Lipinski definition) is 4. The van der Waals surface area contributed by atoms with Gasteiger partial charge in [0, 0.05) is 31.2 Å². The van der Waals surface area contributed by atoms with Crippen molar-refractivity contribution in [1.82, 2.24) is 9.21 Å². The Hall–Kier alpha value is -2.09. The Morgan fingerprint density at radius 1 is 1.03 bits per heavy atom. The molecule has 3 rings (SSSR count). The third-order valence-electron chi connectivity index (χ3n) is 5.00. The summed E-state index contributed by atoms with van der Waals surface area (Å²) in [5.41, 5.74) is 1.88. The minimum absolute atomic E-state index is 0.162. The van der Waals surface area contributed by atoms with E-state index in [1.54, 1.807) is 54.3 Å². The highest BCUT2D eigenvalue weighted by Gasteiger charge is 2.32. The standard InChI is InChI=1S/C21H25ClN2O4S/c1-15-4-7-19(8-5-15)29(26,27)24-12-10-23(11-13-24)21(25)17(3)28-18-6-9-20(22)16(2)14-18/h4-9,14,17H,10-13H2,1-3H3/t17-/m1/s1. The number of hydrogen-bond donors (Lipinski definition) is 0. The lowest BCUT2D eigenvalue weighted by Crippen LogP contribution is -2.53. The first kappa shape index (κ1) is 21.6. The number of amides is 1. The number of rotatable bonds is 5. The zero-order valence-corrected chi connectivity index (χ0v) is 18.3. The predicted molar refractivity (Wildman–Crippen MR) is 113 cm³/mol. The van der Waals surface area contributed by atoms with Crippen molar-refractivity contribution in [3.05, 3.63) is 58.6 Å². The van der Waals surface area contributed by atoms with Crippen LogP contribution in [0.2, 0.25) is 5.02 Å². The molecule has 1 fully saturated rings. The van der Waals surface area contributed by atoms with Crippen molar-refractivity contribution in [3.8, 4) is 5.75 Å². The number of ether oxygens (including phenoxy) is 1. The molecule has 0 aromatic heterocycles. The van der Waals surface area contributed by atoms with E-state index < -0.39 is 16.1 Å². The van der Waals surface area contributed by atoms with Gasteiger partial charge < -0.3 is 9.64 Å². The van der Waals surface area contributed by atoms with Gasteiger partial charge in [-0.2, -0.15) is 4.31 Å². The quantitative estimate of drug-likeness (QED) is 0.721. The third-order valence-corrected chi connectivity index (χ3v) is 7.34. The number of benzene rings is 2. The molecule has 8 heteroatoms. The fourth-order valence-electron chi connectivity index (χ4n) is 3.21. The van der Waals surface area contributed by atoms with Crippen molar-refractivity contribution in [2.45, 2.75) is 31.8 Å². The number of carbonyl (C=O) groups excluding carboxylic acids is 1. The molecule has 0 spiro atoms. The van der Waals surface area contributed by atoms with Gasteiger partial charge in [-0.05, 0) is 56.7 Å². The van der Waals surface area contributed by atoms with Crippen LogP contribution in [-0.2, 0) is 14.8 Å². The van der Waals surface area contributed by atoms with Crippen LogP contribution in [0.1, 0.15) is 18.1 Å². The zero-order valence-electron chi connectivity index (χ0n) is 16.8. The molecule has 0 unspecified atom stereocenters.